The van der Waals surface area contributed by atoms with Gasteiger partial charge in [-0.1, -0.05) is 6.07 Å². The van der Waals surface area contributed by atoms with Crippen molar-refractivity contribution in [2.45, 2.75) is 18.2 Å². The monoisotopic (exact) mass is 342 g/mol. The Bertz CT molecular complexity index is 990. The van der Waals surface area contributed by atoms with Crippen molar-refractivity contribution < 1.29 is 18.3 Å². The third-order valence-corrected chi connectivity index (χ3v) is 5.89. The van der Waals surface area contributed by atoms with E-state index >= 15 is 0 Å². The highest BCUT2D eigenvalue weighted by Crippen LogP contribution is 2.34. The molecule has 6 nitrogen and oxygen atoms in total. The standard InChI is InChI=1S/C17H14N2O4S/c1-11-8-14(4-5-15(11)17(20)21)24(22,23)19-7-6-13-3-2-12(10-18)9-16(13)19/h2-5,8-9H,6-7H2,1H3,(H,20,21). The largest absolute Gasteiger partial charge is 0.478 e. The number of aryl methyl sites for hydroxylation is 1. The summed E-state index contributed by atoms with van der Waals surface area (Å²) in [4.78, 5) is 11.1. The van der Waals surface area contributed by atoms with Crippen LogP contribution in [0.15, 0.2) is 41.3 Å². The topological polar surface area (TPSA) is 98.5 Å². The van der Waals surface area contributed by atoms with E-state index in [9.17, 15) is 13.2 Å². The van der Waals surface area contributed by atoms with Crippen molar-refractivity contribution in [3.8, 4) is 6.07 Å². The summed E-state index contributed by atoms with van der Waals surface area (Å²) in [7, 11) is -3.81. The molecule has 0 aromatic heterocycles. The number of carboxylic acid groups (broad SMARTS) is 1. The van der Waals surface area contributed by atoms with E-state index in [1.165, 1.54) is 22.5 Å². The van der Waals surface area contributed by atoms with Gasteiger partial charge in [0, 0.05) is 6.54 Å². The molecule has 0 saturated heterocycles. The van der Waals surface area contributed by atoms with Gasteiger partial charge in [0.15, 0.2) is 0 Å². The van der Waals surface area contributed by atoms with Crippen LogP contribution in [0.1, 0.15) is 27.0 Å². The maximum Gasteiger partial charge on any atom is 0.335 e. The first-order chi connectivity index (χ1) is 11.3. The first-order valence-corrected chi connectivity index (χ1v) is 8.68. The van der Waals surface area contributed by atoms with Crippen molar-refractivity contribution in [3.63, 3.8) is 0 Å². The third kappa shape index (κ3) is 2.51. The highest BCUT2D eigenvalue weighted by atomic mass is 32.2. The van der Waals surface area contributed by atoms with Crippen LogP contribution in [-0.2, 0) is 16.4 Å². The molecule has 0 spiro atoms. The summed E-state index contributed by atoms with van der Waals surface area (Å²) in [6.45, 7) is 1.86. The van der Waals surface area contributed by atoms with E-state index in [1.54, 1.807) is 25.1 Å². The molecular weight excluding hydrogens is 328 g/mol. The van der Waals surface area contributed by atoms with Gasteiger partial charge in [-0.05, 0) is 54.8 Å². The number of anilines is 1. The Labute approximate surface area is 139 Å². The van der Waals surface area contributed by atoms with Crippen molar-refractivity contribution in [1.29, 1.82) is 5.26 Å². The summed E-state index contributed by atoms with van der Waals surface area (Å²) in [5, 5.41) is 18.1. The van der Waals surface area contributed by atoms with Crippen LogP contribution in [0, 0.1) is 18.3 Å². The average molecular weight is 342 g/mol. The zero-order chi connectivity index (χ0) is 17.5. The molecule has 2 aromatic carbocycles. The Morgan fingerprint density at radius 3 is 2.62 bits per heavy atom. The SMILES string of the molecule is Cc1cc(S(=O)(=O)N2CCc3ccc(C#N)cc32)ccc1C(=O)O. The second kappa shape index (κ2) is 5.65. The van der Waals surface area contributed by atoms with Gasteiger partial charge in [0.2, 0.25) is 0 Å². The quantitative estimate of drug-likeness (QED) is 0.923. The fraction of sp³-hybridized carbons (Fsp3) is 0.176. The Hall–Kier alpha value is -2.85. The van der Waals surface area contributed by atoms with Crippen LogP contribution in [0.5, 0.6) is 0 Å². The van der Waals surface area contributed by atoms with Crippen LogP contribution in [-0.4, -0.2) is 26.0 Å². The average Bonchev–Trinajstić information content (AvgIpc) is 2.97. The molecule has 1 aliphatic rings. The number of nitrogens with zero attached hydrogens (tertiary/aromatic N) is 2. The molecule has 122 valence electrons. The van der Waals surface area contributed by atoms with Crippen molar-refractivity contribution in [3.05, 3.63) is 58.7 Å². The number of carboxylic acids is 1. The van der Waals surface area contributed by atoms with Crippen LogP contribution in [0.3, 0.4) is 0 Å². The fourth-order valence-electron chi connectivity index (χ4n) is 2.83. The lowest BCUT2D eigenvalue weighted by Crippen LogP contribution is -2.29. The second-order valence-corrected chi connectivity index (χ2v) is 7.43. The maximum atomic E-state index is 12.9. The van der Waals surface area contributed by atoms with Crippen LogP contribution in [0.2, 0.25) is 0 Å². The van der Waals surface area contributed by atoms with Gasteiger partial charge in [0.25, 0.3) is 10.0 Å². The van der Waals surface area contributed by atoms with E-state index in [0.717, 1.165) is 5.56 Å². The summed E-state index contributed by atoms with van der Waals surface area (Å²) in [5.74, 6) is -1.10. The molecule has 0 aliphatic carbocycles. The van der Waals surface area contributed by atoms with Gasteiger partial charge in [-0.2, -0.15) is 5.26 Å². The summed E-state index contributed by atoms with van der Waals surface area (Å²) in [6, 6.07) is 11.0. The smallest absolute Gasteiger partial charge is 0.335 e. The maximum absolute atomic E-state index is 12.9. The molecule has 0 saturated carbocycles. The number of rotatable bonds is 3. The van der Waals surface area contributed by atoms with E-state index in [0.29, 0.717) is 29.8 Å². The van der Waals surface area contributed by atoms with E-state index in [-0.39, 0.29) is 10.5 Å². The number of hydrogen-bond acceptors (Lipinski definition) is 4. The summed E-state index contributed by atoms with van der Waals surface area (Å²) >= 11 is 0. The summed E-state index contributed by atoms with van der Waals surface area (Å²) in [5.41, 5.74) is 2.23. The van der Waals surface area contributed by atoms with Crippen LogP contribution >= 0.6 is 0 Å². The highest BCUT2D eigenvalue weighted by molar-refractivity contribution is 7.92. The van der Waals surface area contributed by atoms with E-state index in [2.05, 4.69) is 0 Å². The Morgan fingerprint density at radius 2 is 2.00 bits per heavy atom. The normalized spacial score (nSPS) is 13.4. The number of sulfonamides is 1. The molecule has 3 rings (SSSR count). The lowest BCUT2D eigenvalue weighted by molar-refractivity contribution is 0.0696. The Balaban J connectivity index is 2.07. The zero-order valence-electron chi connectivity index (χ0n) is 12.9. The van der Waals surface area contributed by atoms with Gasteiger partial charge in [0.05, 0.1) is 27.8 Å². The molecule has 0 atom stereocenters. The Morgan fingerprint density at radius 1 is 1.25 bits per heavy atom. The van der Waals surface area contributed by atoms with Crippen molar-refractivity contribution >= 4 is 21.7 Å². The number of aromatic carboxylic acids is 1. The first kappa shape index (κ1) is 16.0. The molecule has 2 aromatic rings. The van der Waals surface area contributed by atoms with Crippen molar-refractivity contribution in [2.75, 3.05) is 10.8 Å². The number of benzene rings is 2. The predicted octanol–water partition coefficient (Wildman–Crippen LogP) is 2.32. The van der Waals surface area contributed by atoms with Crippen LogP contribution < -0.4 is 4.31 Å². The molecule has 0 amide bonds. The van der Waals surface area contributed by atoms with Gasteiger partial charge in [-0.3, -0.25) is 4.31 Å². The summed E-state index contributed by atoms with van der Waals surface area (Å²) < 4.78 is 27.1. The Kier molecular flexibility index (Phi) is 3.78. The molecule has 0 bridgehead atoms. The fourth-order valence-corrected chi connectivity index (χ4v) is 4.41. The third-order valence-electron chi connectivity index (χ3n) is 4.08. The molecule has 1 N–H and O–H groups in total. The van der Waals surface area contributed by atoms with Gasteiger partial charge in [-0.15, -0.1) is 0 Å². The van der Waals surface area contributed by atoms with Crippen molar-refractivity contribution in [2.24, 2.45) is 0 Å². The van der Waals surface area contributed by atoms with Gasteiger partial charge in [0.1, 0.15) is 0 Å². The second-order valence-electron chi connectivity index (χ2n) is 5.56. The molecule has 24 heavy (non-hydrogen) atoms. The van der Waals surface area contributed by atoms with Crippen molar-refractivity contribution in [1.82, 2.24) is 0 Å². The first-order valence-electron chi connectivity index (χ1n) is 7.24. The number of carbonyl (C=O) groups is 1. The van der Waals surface area contributed by atoms with Crippen LogP contribution in [0.25, 0.3) is 0 Å². The van der Waals surface area contributed by atoms with Gasteiger partial charge in [-0.25, -0.2) is 13.2 Å². The molecule has 1 aliphatic heterocycles. The molecular formula is C17H14N2O4S. The lowest BCUT2D eigenvalue weighted by Gasteiger charge is -2.20. The minimum absolute atomic E-state index is 0.0419. The zero-order valence-corrected chi connectivity index (χ0v) is 13.7. The number of nitriles is 1. The van der Waals surface area contributed by atoms with E-state index in [1.807, 2.05) is 6.07 Å². The molecule has 7 heteroatoms. The molecule has 0 radical (unpaired) electrons. The highest BCUT2D eigenvalue weighted by Gasteiger charge is 2.31. The van der Waals surface area contributed by atoms with E-state index in [4.69, 9.17) is 10.4 Å². The molecule has 0 fully saturated rings. The minimum atomic E-state index is -3.81. The molecule has 0 unspecified atom stereocenters. The summed E-state index contributed by atoms with van der Waals surface area (Å²) in [6.07, 6.45) is 0.576. The van der Waals surface area contributed by atoms with Gasteiger partial charge < -0.3 is 5.11 Å². The lowest BCUT2D eigenvalue weighted by atomic mass is 10.1. The minimum Gasteiger partial charge on any atom is -0.478 e. The number of fused-ring (bicyclic) bond motifs is 1. The van der Waals surface area contributed by atoms with Crippen LogP contribution in [0.4, 0.5) is 5.69 Å². The molecule has 1 heterocycles. The van der Waals surface area contributed by atoms with E-state index < -0.39 is 16.0 Å². The number of hydrogen-bond donors (Lipinski definition) is 1. The predicted molar refractivity (Wildman–Crippen MR) is 87.5 cm³/mol. The van der Waals surface area contributed by atoms with Gasteiger partial charge >= 0.3 is 5.97 Å².